The SMILES string of the molecule is Cc1c(C(=O)C[C@@H]2CCc3cc(-c4noc(C5CC5)n4)ccc32)cnn1C. The van der Waals surface area contributed by atoms with E-state index >= 15 is 0 Å². The van der Waals surface area contributed by atoms with Gasteiger partial charge in [-0.25, -0.2) is 0 Å². The van der Waals surface area contributed by atoms with Crippen LogP contribution in [0.25, 0.3) is 11.4 Å². The lowest BCUT2D eigenvalue weighted by molar-refractivity contribution is 0.0973. The Morgan fingerprint density at radius 3 is 2.89 bits per heavy atom. The zero-order chi connectivity index (χ0) is 18.5. The summed E-state index contributed by atoms with van der Waals surface area (Å²) in [5.74, 6) is 2.35. The fourth-order valence-corrected chi connectivity index (χ4v) is 4.01. The Hall–Kier alpha value is -2.76. The molecule has 2 aliphatic carbocycles. The molecular formula is C21H22N4O2. The van der Waals surface area contributed by atoms with Gasteiger partial charge in [-0.2, -0.15) is 10.1 Å². The molecule has 1 atom stereocenters. The van der Waals surface area contributed by atoms with Crippen molar-refractivity contribution in [3.63, 3.8) is 0 Å². The number of Topliss-reactive ketones (excluding diaryl/α,β-unsaturated/α-hetero) is 1. The molecule has 6 heteroatoms. The number of aromatic nitrogens is 4. The molecule has 0 spiro atoms. The van der Waals surface area contributed by atoms with E-state index in [-0.39, 0.29) is 11.7 Å². The Kier molecular flexibility index (Phi) is 3.74. The van der Waals surface area contributed by atoms with Crippen LogP contribution in [-0.2, 0) is 13.5 Å². The number of nitrogens with zero attached hydrogens (tertiary/aromatic N) is 4. The predicted molar refractivity (Wildman–Crippen MR) is 99.7 cm³/mol. The molecule has 1 saturated carbocycles. The first-order valence-electron chi connectivity index (χ1n) is 9.58. The van der Waals surface area contributed by atoms with Crippen LogP contribution in [0.5, 0.6) is 0 Å². The van der Waals surface area contributed by atoms with Crippen LogP contribution >= 0.6 is 0 Å². The molecule has 0 saturated heterocycles. The van der Waals surface area contributed by atoms with Crippen LogP contribution < -0.4 is 0 Å². The highest BCUT2D eigenvalue weighted by Gasteiger charge is 2.30. The lowest BCUT2D eigenvalue weighted by Gasteiger charge is -2.11. The molecule has 0 unspecified atom stereocenters. The maximum atomic E-state index is 12.7. The molecule has 1 aromatic carbocycles. The van der Waals surface area contributed by atoms with Crippen LogP contribution in [-0.4, -0.2) is 25.7 Å². The van der Waals surface area contributed by atoms with E-state index in [2.05, 4.69) is 33.4 Å². The Morgan fingerprint density at radius 1 is 1.30 bits per heavy atom. The summed E-state index contributed by atoms with van der Waals surface area (Å²) in [5.41, 5.74) is 5.24. The number of carbonyl (C=O) groups excluding carboxylic acids is 1. The van der Waals surface area contributed by atoms with Gasteiger partial charge in [0.25, 0.3) is 0 Å². The first-order chi connectivity index (χ1) is 13.1. The van der Waals surface area contributed by atoms with Crippen LogP contribution in [0.1, 0.15) is 70.6 Å². The second-order valence-corrected chi connectivity index (χ2v) is 7.77. The van der Waals surface area contributed by atoms with Crippen LogP contribution in [0.4, 0.5) is 0 Å². The third kappa shape index (κ3) is 2.89. The van der Waals surface area contributed by atoms with E-state index in [0.717, 1.165) is 48.4 Å². The molecule has 0 amide bonds. The van der Waals surface area contributed by atoms with Gasteiger partial charge < -0.3 is 4.52 Å². The molecule has 2 aromatic heterocycles. The lowest BCUT2D eigenvalue weighted by atomic mass is 9.92. The van der Waals surface area contributed by atoms with Crippen molar-refractivity contribution >= 4 is 5.78 Å². The van der Waals surface area contributed by atoms with Crippen LogP contribution in [0, 0.1) is 6.92 Å². The van der Waals surface area contributed by atoms with E-state index < -0.39 is 0 Å². The second kappa shape index (κ2) is 6.15. The highest BCUT2D eigenvalue weighted by Crippen LogP contribution is 2.41. The summed E-state index contributed by atoms with van der Waals surface area (Å²) >= 11 is 0. The summed E-state index contributed by atoms with van der Waals surface area (Å²) < 4.78 is 7.14. The first kappa shape index (κ1) is 16.4. The van der Waals surface area contributed by atoms with Crippen molar-refractivity contribution in [2.75, 3.05) is 0 Å². The molecule has 27 heavy (non-hydrogen) atoms. The summed E-state index contributed by atoms with van der Waals surface area (Å²) in [7, 11) is 1.87. The summed E-state index contributed by atoms with van der Waals surface area (Å²) in [4.78, 5) is 17.3. The summed E-state index contributed by atoms with van der Waals surface area (Å²) in [5, 5.41) is 8.34. The van der Waals surface area contributed by atoms with E-state index in [1.165, 1.54) is 11.1 Å². The summed E-state index contributed by atoms with van der Waals surface area (Å²) in [6.07, 6.45) is 6.51. The van der Waals surface area contributed by atoms with Crippen LogP contribution in [0.2, 0.25) is 0 Å². The zero-order valence-corrected chi connectivity index (χ0v) is 15.6. The molecule has 2 aliphatic rings. The smallest absolute Gasteiger partial charge is 0.230 e. The van der Waals surface area contributed by atoms with Crippen molar-refractivity contribution in [2.24, 2.45) is 7.05 Å². The standard InChI is InChI=1S/C21H22N4O2/c1-12-18(11-22-25(12)2)19(26)10-15-6-5-14-9-16(7-8-17(14)15)20-23-21(27-24-20)13-3-4-13/h7-9,11,13,15H,3-6,10H2,1-2H3/t15-/m0/s1. The van der Waals surface area contributed by atoms with E-state index in [0.29, 0.717) is 18.2 Å². The number of fused-ring (bicyclic) bond motifs is 1. The fourth-order valence-electron chi connectivity index (χ4n) is 4.01. The van der Waals surface area contributed by atoms with E-state index in [9.17, 15) is 4.79 Å². The highest BCUT2D eigenvalue weighted by molar-refractivity contribution is 5.97. The Bertz CT molecular complexity index is 1030. The monoisotopic (exact) mass is 362 g/mol. The molecular weight excluding hydrogens is 340 g/mol. The van der Waals surface area contributed by atoms with Gasteiger partial charge in [-0.1, -0.05) is 17.3 Å². The van der Waals surface area contributed by atoms with Gasteiger partial charge in [-0.05, 0) is 55.7 Å². The van der Waals surface area contributed by atoms with Crippen molar-refractivity contribution in [1.29, 1.82) is 0 Å². The second-order valence-electron chi connectivity index (χ2n) is 7.77. The fraction of sp³-hybridized carbons (Fsp3) is 0.429. The quantitative estimate of drug-likeness (QED) is 0.642. The normalized spacial score (nSPS) is 18.7. The van der Waals surface area contributed by atoms with Gasteiger partial charge in [0.05, 0.1) is 11.8 Å². The number of rotatable bonds is 5. The largest absolute Gasteiger partial charge is 0.339 e. The van der Waals surface area contributed by atoms with Crippen LogP contribution in [0.15, 0.2) is 28.9 Å². The van der Waals surface area contributed by atoms with Gasteiger partial charge in [0.1, 0.15) is 0 Å². The number of ketones is 1. The van der Waals surface area contributed by atoms with Crippen molar-refractivity contribution < 1.29 is 9.32 Å². The van der Waals surface area contributed by atoms with E-state index in [1.807, 2.05) is 14.0 Å². The molecule has 1 fully saturated rings. The maximum absolute atomic E-state index is 12.7. The highest BCUT2D eigenvalue weighted by atomic mass is 16.5. The molecule has 138 valence electrons. The number of hydrogen-bond donors (Lipinski definition) is 0. The average Bonchev–Trinajstić information content (AvgIpc) is 3.11. The Labute approximate surface area is 157 Å². The van der Waals surface area contributed by atoms with Crippen molar-refractivity contribution in [3.05, 3.63) is 52.7 Å². The van der Waals surface area contributed by atoms with Gasteiger partial charge in [-0.15, -0.1) is 0 Å². The van der Waals surface area contributed by atoms with Crippen molar-refractivity contribution in [1.82, 2.24) is 19.9 Å². The molecule has 2 heterocycles. The van der Waals surface area contributed by atoms with Gasteiger partial charge in [0.15, 0.2) is 5.78 Å². The van der Waals surface area contributed by atoms with Gasteiger partial charge in [0.2, 0.25) is 11.7 Å². The lowest BCUT2D eigenvalue weighted by Crippen LogP contribution is -2.07. The molecule has 5 rings (SSSR count). The van der Waals surface area contributed by atoms with Crippen molar-refractivity contribution in [2.45, 2.75) is 50.9 Å². The molecule has 0 aliphatic heterocycles. The van der Waals surface area contributed by atoms with Gasteiger partial charge in [-0.3, -0.25) is 9.48 Å². The predicted octanol–water partition coefficient (Wildman–Crippen LogP) is 3.96. The third-order valence-corrected chi connectivity index (χ3v) is 5.94. The van der Waals surface area contributed by atoms with Gasteiger partial charge >= 0.3 is 0 Å². The Morgan fingerprint density at radius 2 is 2.15 bits per heavy atom. The molecule has 0 bridgehead atoms. The number of hydrogen-bond acceptors (Lipinski definition) is 5. The van der Waals surface area contributed by atoms with Gasteiger partial charge in [0, 0.05) is 30.6 Å². The number of benzene rings is 1. The summed E-state index contributed by atoms with van der Waals surface area (Å²) in [6, 6.07) is 6.36. The number of aryl methyl sites for hydroxylation is 2. The minimum atomic E-state index is 0.176. The van der Waals surface area contributed by atoms with Crippen molar-refractivity contribution in [3.8, 4) is 11.4 Å². The molecule has 0 N–H and O–H groups in total. The minimum absolute atomic E-state index is 0.176. The zero-order valence-electron chi connectivity index (χ0n) is 15.6. The molecule has 0 radical (unpaired) electrons. The minimum Gasteiger partial charge on any atom is -0.339 e. The third-order valence-electron chi connectivity index (χ3n) is 5.94. The van der Waals surface area contributed by atoms with E-state index in [1.54, 1.807) is 10.9 Å². The van der Waals surface area contributed by atoms with Crippen LogP contribution in [0.3, 0.4) is 0 Å². The maximum Gasteiger partial charge on any atom is 0.230 e. The topological polar surface area (TPSA) is 73.8 Å². The van der Waals surface area contributed by atoms with E-state index in [4.69, 9.17) is 4.52 Å². The average molecular weight is 362 g/mol. The summed E-state index contributed by atoms with van der Waals surface area (Å²) in [6.45, 7) is 1.94. The molecule has 3 aromatic rings. The Balaban J connectivity index is 1.36. The molecule has 6 nitrogen and oxygen atoms in total. The number of carbonyl (C=O) groups is 1. The first-order valence-corrected chi connectivity index (χ1v) is 9.58.